The standard InChI is InChI=1S/C31H49N5/c1-36(2)30-28-17-11-12-18-29(28)34-31(35-30)33-27-21-19-26(20-22-27)24-32-23-13-6-4-3-5-8-14-25-15-9-7-10-16-25/h7,9-10,15-16,26-27,32H,3-6,8,11-14,17-24H2,1-2H3,(H,33,34,35)/t26-,27+. The molecular weight excluding hydrogens is 442 g/mol. The molecule has 0 radical (unpaired) electrons. The molecule has 1 saturated carbocycles. The third-order valence-electron chi connectivity index (χ3n) is 8.11. The van der Waals surface area contributed by atoms with Gasteiger partial charge in [0, 0.05) is 25.7 Å². The monoisotopic (exact) mass is 491 g/mol. The number of benzene rings is 1. The second-order valence-electron chi connectivity index (χ2n) is 11.3. The van der Waals surface area contributed by atoms with Gasteiger partial charge in [0.1, 0.15) is 5.82 Å². The first-order chi connectivity index (χ1) is 17.7. The normalized spacial score (nSPS) is 19.6. The van der Waals surface area contributed by atoms with Crippen LogP contribution in [0.4, 0.5) is 11.8 Å². The molecule has 0 saturated heterocycles. The lowest BCUT2D eigenvalue weighted by Crippen LogP contribution is -2.32. The van der Waals surface area contributed by atoms with Gasteiger partial charge in [-0.3, -0.25) is 0 Å². The Morgan fingerprint density at radius 3 is 2.33 bits per heavy atom. The minimum Gasteiger partial charge on any atom is -0.362 e. The molecule has 0 atom stereocenters. The molecule has 0 unspecified atom stereocenters. The predicted molar refractivity (Wildman–Crippen MR) is 153 cm³/mol. The summed E-state index contributed by atoms with van der Waals surface area (Å²) in [5.74, 6) is 2.79. The van der Waals surface area contributed by atoms with Crippen molar-refractivity contribution in [2.45, 2.75) is 102 Å². The van der Waals surface area contributed by atoms with Crippen LogP contribution in [0.1, 0.15) is 93.9 Å². The first-order valence-corrected chi connectivity index (χ1v) is 14.8. The molecule has 1 heterocycles. The first kappa shape index (κ1) is 26.9. The molecule has 0 spiro atoms. The van der Waals surface area contributed by atoms with Crippen molar-refractivity contribution in [1.82, 2.24) is 15.3 Å². The molecule has 2 N–H and O–H groups in total. The van der Waals surface area contributed by atoms with Crippen LogP contribution < -0.4 is 15.5 Å². The summed E-state index contributed by atoms with van der Waals surface area (Å²) in [6.07, 6.45) is 19.2. The molecular formula is C31H49N5. The zero-order chi connectivity index (χ0) is 25.0. The van der Waals surface area contributed by atoms with Gasteiger partial charge in [-0.2, -0.15) is 4.98 Å². The van der Waals surface area contributed by atoms with E-state index >= 15 is 0 Å². The molecule has 2 aliphatic carbocycles. The van der Waals surface area contributed by atoms with Crippen LogP contribution >= 0.6 is 0 Å². The van der Waals surface area contributed by atoms with E-state index in [-0.39, 0.29) is 0 Å². The fourth-order valence-corrected chi connectivity index (χ4v) is 5.94. The molecule has 2 aliphatic rings. The lowest BCUT2D eigenvalue weighted by atomic mass is 9.86. The van der Waals surface area contributed by atoms with Gasteiger partial charge >= 0.3 is 0 Å². The summed E-state index contributed by atoms with van der Waals surface area (Å²) in [7, 11) is 4.21. The average Bonchev–Trinajstić information content (AvgIpc) is 2.90. The fraction of sp³-hybridized carbons (Fsp3) is 0.677. The summed E-state index contributed by atoms with van der Waals surface area (Å²) in [6.45, 7) is 2.36. The molecule has 2 aromatic rings. The highest BCUT2D eigenvalue weighted by Gasteiger charge is 2.23. The van der Waals surface area contributed by atoms with Gasteiger partial charge in [-0.15, -0.1) is 0 Å². The number of nitrogens with one attached hydrogen (secondary N) is 2. The van der Waals surface area contributed by atoms with Crippen molar-refractivity contribution in [1.29, 1.82) is 0 Å². The van der Waals surface area contributed by atoms with Crippen molar-refractivity contribution in [3.63, 3.8) is 0 Å². The molecule has 5 heteroatoms. The van der Waals surface area contributed by atoms with Crippen LogP contribution in [0, 0.1) is 5.92 Å². The van der Waals surface area contributed by atoms with Crippen LogP contribution in [0.15, 0.2) is 30.3 Å². The zero-order valence-electron chi connectivity index (χ0n) is 22.9. The summed E-state index contributed by atoms with van der Waals surface area (Å²) in [6, 6.07) is 11.4. The summed E-state index contributed by atoms with van der Waals surface area (Å²) in [5, 5.41) is 7.44. The van der Waals surface area contributed by atoms with E-state index in [0.29, 0.717) is 6.04 Å². The van der Waals surface area contributed by atoms with Crippen LogP contribution in [0.25, 0.3) is 0 Å². The summed E-state index contributed by atoms with van der Waals surface area (Å²) in [4.78, 5) is 12.0. The zero-order valence-corrected chi connectivity index (χ0v) is 22.9. The highest BCUT2D eigenvalue weighted by Crippen LogP contribution is 2.30. The smallest absolute Gasteiger partial charge is 0.225 e. The summed E-state index contributed by atoms with van der Waals surface area (Å²) >= 11 is 0. The molecule has 36 heavy (non-hydrogen) atoms. The number of nitrogens with zero attached hydrogens (tertiary/aromatic N) is 3. The maximum absolute atomic E-state index is 4.92. The molecule has 198 valence electrons. The molecule has 4 rings (SSSR count). The molecule has 0 amide bonds. The molecule has 0 bridgehead atoms. The lowest BCUT2D eigenvalue weighted by molar-refractivity contribution is 0.323. The van der Waals surface area contributed by atoms with Gasteiger partial charge in [0.15, 0.2) is 0 Å². The Balaban J connectivity index is 1.04. The Labute approximate surface area is 219 Å². The van der Waals surface area contributed by atoms with Crippen molar-refractivity contribution >= 4 is 11.8 Å². The Bertz CT molecular complexity index is 889. The Morgan fingerprint density at radius 1 is 0.833 bits per heavy atom. The maximum atomic E-state index is 4.92. The number of aryl methyl sites for hydroxylation is 2. The number of hydrogen-bond acceptors (Lipinski definition) is 5. The Hall–Kier alpha value is -2.14. The van der Waals surface area contributed by atoms with Gasteiger partial charge < -0.3 is 15.5 Å². The van der Waals surface area contributed by atoms with Crippen LogP contribution in [-0.4, -0.2) is 43.2 Å². The van der Waals surface area contributed by atoms with Crippen molar-refractivity contribution < 1.29 is 0 Å². The molecule has 1 aromatic heterocycles. The molecule has 5 nitrogen and oxygen atoms in total. The van der Waals surface area contributed by atoms with E-state index in [2.05, 4.69) is 60.0 Å². The van der Waals surface area contributed by atoms with Crippen molar-refractivity contribution in [3.8, 4) is 0 Å². The van der Waals surface area contributed by atoms with Crippen molar-refractivity contribution in [2.75, 3.05) is 37.4 Å². The first-order valence-electron chi connectivity index (χ1n) is 14.8. The second kappa shape index (κ2) is 14.6. The van der Waals surface area contributed by atoms with Crippen LogP contribution in [0.5, 0.6) is 0 Å². The van der Waals surface area contributed by atoms with E-state index in [1.165, 1.54) is 113 Å². The number of anilines is 2. The van der Waals surface area contributed by atoms with E-state index in [4.69, 9.17) is 9.97 Å². The maximum Gasteiger partial charge on any atom is 0.225 e. The van der Waals surface area contributed by atoms with E-state index in [1.807, 2.05) is 0 Å². The van der Waals surface area contributed by atoms with Crippen LogP contribution in [0.2, 0.25) is 0 Å². The predicted octanol–water partition coefficient (Wildman–Crippen LogP) is 6.57. The minimum atomic E-state index is 0.514. The number of aromatic nitrogens is 2. The lowest BCUT2D eigenvalue weighted by Gasteiger charge is -2.30. The SMILES string of the molecule is CN(C)c1nc(N[C@H]2CC[C@@H](CNCCCCCCCCc3ccccc3)CC2)nc2c1CCCC2. The largest absolute Gasteiger partial charge is 0.362 e. The number of hydrogen-bond donors (Lipinski definition) is 2. The molecule has 1 fully saturated rings. The quantitative estimate of drug-likeness (QED) is 0.293. The second-order valence-corrected chi connectivity index (χ2v) is 11.3. The van der Waals surface area contributed by atoms with Gasteiger partial charge in [0.05, 0.1) is 5.69 Å². The number of unbranched alkanes of at least 4 members (excludes halogenated alkanes) is 5. The third kappa shape index (κ3) is 8.47. The van der Waals surface area contributed by atoms with Crippen molar-refractivity contribution in [2.24, 2.45) is 5.92 Å². The highest BCUT2D eigenvalue weighted by atomic mass is 15.2. The summed E-state index contributed by atoms with van der Waals surface area (Å²) < 4.78 is 0. The van der Waals surface area contributed by atoms with Crippen molar-refractivity contribution in [3.05, 3.63) is 47.2 Å². The van der Waals surface area contributed by atoms with Gasteiger partial charge in [-0.25, -0.2) is 4.98 Å². The van der Waals surface area contributed by atoms with Gasteiger partial charge in [0.2, 0.25) is 5.95 Å². The average molecular weight is 492 g/mol. The topological polar surface area (TPSA) is 53.1 Å². The minimum absolute atomic E-state index is 0.514. The Morgan fingerprint density at radius 2 is 1.56 bits per heavy atom. The highest BCUT2D eigenvalue weighted by molar-refractivity contribution is 5.52. The molecule has 1 aromatic carbocycles. The van der Waals surface area contributed by atoms with E-state index in [9.17, 15) is 0 Å². The van der Waals surface area contributed by atoms with E-state index in [0.717, 1.165) is 30.5 Å². The van der Waals surface area contributed by atoms with E-state index in [1.54, 1.807) is 0 Å². The molecule has 0 aliphatic heterocycles. The van der Waals surface area contributed by atoms with Gasteiger partial charge in [-0.1, -0.05) is 56.0 Å². The van der Waals surface area contributed by atoms with Crippen LogP contribution in [0.3, 0.4) is 0 Å². The fourth-order valence-electron chi connectivity index (χ4n) is 5.94. The third-order valence-corrected chi connectivity index (χ3v) is 8.11. The number of fused-ring (bicyclic) bond motifs is 1. The van der Waals surface area contributed by atoms with Gasteiger partial charge in [-0.05, 0) is 95.2 Å². The number of rotatable bonds is 14. The van der Waals surface area contributed by atoms with Crippen LogP contribution in [-0.2, 0) is 19.3 Å². The van der Waals surface area contributed by atoms with Gasteiger partial charge in [0.25, 0.3) is 0 Å². The summed E-state index contributed by atoms with van der Waals surface area (Å²) in [5.41, 5.74) is 4.12. The Kier molecular flexibility index (Phi) is 10.9. The van der Waals surface area contributed by atoms with E-state index < -0.39 is 0 Å².